The Morgan fingerprint density at radius 1 is 1.17 bits per heavy atom. The third-order valence-electron chi connectivity index (χ3n) is 5.21. The number of hydrogen-bond acceptors (Lipinski definition) is 5. The number of thioether (sulfide) groups is 1. The number of H-pyrrole nitrogens is 1. The van der Waals surface area contributed by atoms with Crippen molar-refractivity contribution in [2.45, 2.75) is 44.2 Å². The third kappa shape index (κ3) is 5.63. The fraction of sp³-hybridized carbons (Fsp3) is 0.348. The summed E-state index contributed by atoms with van der Waals surface area (Å²) in [7, 11) is 0. The number of aryl methyl sites for hydroxylation is 1. The summed E-state index contributed by atoms with van der Waals surface area (Å²) < 4.78 is 5.94. The van der Waals surface area contributed by atoms with Crippen LogP contribution in [0.15, 0.2) is 53.7 Å². The summed E-state index contributed by atoms with van der Waals surface area (Å²) >= 11 is 1.33. The SMILES string of the molecule is Cc1ccc(Oc2ccccc2NC(=O)CSc2n[nH]c(CC3CCCC3)n2)cc1. The molecule has 3 aromatic rings. The highest BCUT2D eigenvalue weighted by Crippen LogP contribution is 2.30. The third-order valence-corrected chi connectivity index (χ3v) is 6.06. The minimum absolute atomic E-state index is 0.123. The normalized spacial score (nSPS) is 14.0. The van der Waals surface area contributed by atoms with Crippen molar-refractivity contribution in [3.05, 3.63) is 59.9 Å². The van der Waals surface area contributed by atoms with Crippen LogP contribution in [0.2, 0.25) is 0 Å². The Kier molecular flexibility index (Phi) is 6.69. The minimum Gasteiger partial charge on any atom is -0.455 e. The van der Waals surface area contributed by atoms with Gasteiger partial charge in [-0.05, 0) is 37.1 Å². The van der Waals surface area contributed by atoms with Crippen LogP contribution in [-0.4, -0.2) is 26.8 Å². The van der Waals surface area contributed by atoms with Crippen LogP contribution in [0.25, 0.3) is 0 Å². The van der Waals surface area contributed by atoms with Gasteiger partial charge >= 0.3 is 0 Å². The van der Waals surface area contributed by atoms with E-state index in [0.29, 0.717) is 22.5 Å². The first-order valence-electron chi connectivity index (χ1n) is 10.3. The van der Waals surface area contributed by atoms with Crippen LogP contribution in [0.5, 0.6) is 11.5 Å². The van der Waals surface area contributed by atoms with Crippen molar-refractivity contribution in [1.82, 2.24) is 15.2 Å². The van der Waals surface area contributed by atoms with Gasteiger partial charge in [-0.15, -0.1) is 5.10 Å². The second-order valence-corrected chi connectivity index (χ2v) is 8.61. The van der Waals surface area contributed by atoms with Crippen molar-refractivity contribution in [3.8, 4) is 11.5 Å². The number of hydrogen-bond donors (Lipinski definition) is 2. The van der Waals surface area contributed by atoms with Gasteiger partial charge in [0.2, 0.25) is 11.1 Å². The number of rotatable bonds is 8. The molecule has 2 N–H and O–H groups in total. The number of nitrogens with zero attached hydrogens (tertiary/aromatic N) is 2. The average Bonchev–Trinajstić information content (AvgIpc) is 3.42. The van der Waals surface area contributed by atoms with Crippen LogP contribution >= 0.6 is 11.8 Å². The number of ether oxygens (including phenoxy) is 1. The summed E-state index contributed by atoms with van der Waals surface area (Å²) in [5.74, 6) is 3.08. The van der Waals surface area contributed by atoms with Crippen molar-refractivity contribution in [2.24, 2.45) is 5.92 Å². The number of benzene rings is 2. The Morgan fingerprint density at radius 2 is 1.93 bits per heavy atom. The fourth-order valence-corrected chi connectivity index (χ4v) is 4.25. The Balaban J connectivity index is 1.31. The molecule has 1 aliphatic carbocycles. The lowest BCUT2D eigenvalue weighted by Gasteiger charge is -2.12. The Bertz CT molecular complexity index is 981. The van der Waals surface area contributed by atoms with Gasteiger partial charge in [0.1, 0.15) is 11.6 Å². The van der Waals surface area contributed by atoms with E-state index in [1.54, 1.807) is 0 Å². The molecule has 1 fully saturated rings. The number of nitrogens with one attached hydrogen (secondary N) is 2. The monoisotopic (exact) mass is 422 g/mol. The number of aromatic amines is 1. The van der Waals surface area contributed by atoms with E-state index in [0.717, 1.165) is 18.0 Å². The minimum atomic E-state index is -0.123. The zero-order valence-corrected chi connectivity index (χ0v) is 17.9. The lowest BCUT2D eigenvalue weighted by molar-refractivity contribution is -0.113. The lowest BCUT2D eigenvalue weighted by Crippen LogP contribution is -2.14. The van der Waals surface area contributed by atoms with Gasteiger partial charge in [-0.3, -0.25) is 9.89 Å². The summed E-state index contributed by atoms with van der Waals surface area (Å²) in [5, 5.41) is 10.8. The zero-order valence-electron chi connectivity index (χ0n) is 17.1. The molecular formula is C23H26N4O2S. The molecule has 30 heavy (non-hydrogen) atoms. The predicted octanol–water partition coefficient (Wildman–Crippen LogP) is 5.37. The molecule has 1 heterocycles. The molecule has 2 aromatic carbocycles. The van der Waals surface area contributed by atoms with E-state index in [1.165, 1.54) is 43.0 Å². The number of amides is 1. The molecule has 0 atom stereocenters. The van der Waals surface area contributed by atoms with Gasteiger partial charge in [0.25, 0.3) is 0 Å². The van der Waals surface area contributed by atoms with Crippen molar-refractivity contribution in [1.29, 1.82) is 0 Å². The van der Waals surface area contributed by atoms with E-state index < -0.39 is 0 Å². The molecule has 4 rings (SSSR count). The summed E-state index contributed by atoms with van der Waals surface area (Å²) in [5.41, 5.74) is 1.81. The van der Waals surface area contributed by atoms with Gasteiger partial charge in [-0.25, -0.2) is 4.98 Å². The van der Waals surface area contributed by atoms with Gasteiger partial charge in [0.05, 0.1) is 11.4 Å². The molecule has 0 aliphatic heterocycles. The predicted molar refractivity (Wildman–Crippen MR) is 119 cm³/mol. The summed E-state index contributed by atoms with van der Waals surface area (Å²) in [4.78, 5) is 17.0. The van der Waals surface area contributed by atoms with Gasteiger partial charge in [0.15, 0.2) is 5.75 Å². The topological polar surface area (TPSA) is 79.9 Å². The second kappa shape index (κ2) is 9.80. The fourth-order valence-electron chi connectivity index (χ4n) is 3.63. The van der Waals surface area contributed by atoms with E-state index in [-0.39, 0.29) is 11.7 Å². The van der Waals surface area contributed by atoms with E-state index in [2.05, 4.69) is 20.5 Å². The van der Waals surface area contributed by atoms with E-state index >= 15 is 0 Å². The maximum Gasteiger partial charge on any atom is 0.234 e. The molecular weight excluding hydrogens is 396 g/mol. The van der Waals surface area contributed by atoms with Crippen molar-refractivity contribution in [3.63, 3.8) is 0 Å². The number of anilines is 1. The average molecular weight is 423 g/mol. The number of carbonyl (C=O) groups excluding carboxylic acids is 1. The van der Waals surface area contributed by atoms with Crippen molar-refractivity contribution in [2.75, 3.05) is 11.1 Å². The van der Waals surface area contributed by atoms with Crippen molar-refractivity contribution >= 4 is 23.4 Å². The van der Waals surface area contributed by atoms with Gasteiger partial charge in [-0.1, -0.05) is 67.3 Å². The Labute approximate surface area is 180 Å². The highest BCUT2D eigenvalue weighted by Gasteiger charge is 2.18. The number of para-hydroxylation sites is 2. The molecule has 0 spiro atoms. The Morgan fingerprint density at radius 3 is 2.73 bits per heavy atom. The van der Waals surface area contributed by atoms with Crippen LogP contribution in [0.4, 0.5) is 5.69 Å². The molecule has 156 valence electrons. The van der Waals surface area contributed by atoms with E-state index in [1.807, 2.05) is 55.5 Å². The van der Waals surface area contributed by atoms with Crippen LogP contribution in [-0.2, 0) is 11.2 Å². The lowest BCUT2D eigenvalue weighted by atomic mass is 10.0. The van der Waals surface area contributed by atoms with Crippen LogP contribution in [0, 0.1) is 12.8 Å². The first-order valence-corrected chi connectivity index (χ1v) is 11.3. The molecule has 0 saturated heterocycles. The standard InChI is InChI=1S/C23H26N4O2S/c1-16-10-12-18(13-11-16)29-20-9-5-4-8-19(20)24-22(28)15-30-23-25-21(26-27-23)14-17-6-2-3-7-17/h4-5,8-13,17H,2-3,6-7,14-15H2,1H3,(H,24,28)(H,25,26,27). The number of aromatic nitrogens is 3. The quantitative estimate of drug-likeness (QED) is 0.477. The summed E-state index contributed by atoms with van der Waals surface area (Å²) in [6.07, 6.45) is 6.13. The molecule has 7 heteroatoms. The molecule has 1 amide bonds. The molecule has 1 aliphatic rings. The maximum absolute atomic E-state index is 12.5. The highest BCUT2D eigenvalue weighted by molar-refractivity contribution is 7.99. The van der Waals surface area contributed by atoms with Crippen LogP contribution in [0.1, 0.15) is 37.1 Å². The molecule has 0 unspecified atom stereocenters. The largest absolute Gasteiger partial charge is 0.455 e. The van der Waals surface area contributed by atoms with Crippen LogP contribution < -0.4 is 10.1 Å². The molecule has 0 bridgehead atoms. The maximum atomic E-state index is 12.5. The van der Waals surface area contributed by atoms with Gasteiger partial charge in [0, 0.05) is 6.42 Å². The smallest absolute Gasteiger partial charge is 0.234 e. The molecule has 1 saturated carbocycles. The highest BCUT2D eigenvalue weighted by atomic mass is 32.2. The molecule has 6 nitrogen and oxygen atoms in total. The van der Waals surface area contributed by atoms with Gasteiger partial charge < -0.3 is 10.1 Å². The second-order valence-electron chi connectivity index (χ2n) is 7.67. The van der Waals surface area contributed by atoms with Gasteiger partial charge in [-0.2, -0.15) is 0 Å². The van der Waals surface area contributed by atoms with E-state index in [9.17, 15) is 4.79 Å². The van der Waals surface area contributed by atoms with E-state index in [4.69, 9.17) is 4.74 Å². The molecule has 0 radical (unpaired) electrons. The first kappa shape index (κ1) is 20.5. The first-order chi connectivity index (χ1) is 14.7. The zero-order chi connectivity index (χ0) is 20.8. The Hall–Kier alpha value is -2.80. The van der Waals surface area contributed by atoms with Crippen molar-refractivity contribution < 1.29 is 9.53 Å². The van der Waals surface area contributed by atoms with Crippen LogP contribution in [0.3, 0.4) is 0 Å². The number of carbonyl (C=O) groups is 1. The summed E-state index contributed by atoms with van der Waals surface area (Å²) in [6.45, 7) is 2.03. The summed E-state index contributed by atoms with van der Waals surface area (Å²) in [6, 6.07) is 15.2. The molecule has 1 aromatic heterocycles.